The van der Waals surface area contributed by atoms with Crippen LogP contribution in [0, 0.1) is 56.8 Å². The molecule has 0 heterocycles. The average Bonchev–Trinajstić information content (AvgIpc) is 2.98. The number of hydrogen-bond donors (Lipinski definition) is 1. The summed E-state index contributed by atoms with van der Waals surface area (Å²) in [6.45, 7) is 19.2. The van der Waals surface area contributed by atoms with E-state index in [1.54, 1.807) is 0 Å². The summed E-state index contributed by atoms with van der Waals surface area (Å²) in [5, 5.41) is 3.64. The van der Waals surface area contributed by atoms with Crippen LogP contribution < -0.4 is 10.1 Å². The number of ether oxygens (including phenoxy) is 1. The van der Waals surface area contributed by atoms with Crippen molar-refractivity contribution in [2.75, 3.05) is 13.6 Å². The Labute approximate surface area is 301 Å². The third kappa shape index (κ3) is 19.5. The molecular weight excluding hydrogens is 821 g/mol. The van der Waals surface area contributed by atoms with Crippen LogP contribution in [0.4, 0.5) is 22.0 Å². The largest absolute Gasteiger partial charge is 2.00 e. The first kappa shape index (κ1) is 46.8. The standard InChI is InChI=1S/C31H47F5N2O.C6H12.U/c1-8-11-13-14-23(5)29(27-17-16-25(31(34,35)36)21-28(27)39-30(32)33)38(7)19-18-24(6)37-26(15-12-9-2)20-22(4)10-3;1-4-6(3)5-2;/h11,13-14,16-18,21-22,26,29-30,37H,8-10,12,15,19-20H2,1-7H3;6H,1-2,4-5H2,3H3;/q;-2;+2/b13-11-,23-14+,24-18+;;. The van der Waals surface area contributed by atoms with Gasteiger partial charge in [0.2, 0.25) is 0 Å². The summed E-state index contributed by atoms with van der Waals surface area (Å²) < 4.78 is 71.2. The smallest absolute Gasteiger partial charge is 0.434 e. The molecule has 262 valence electrons. The molecule has 3 atom stereocenters. The van der Waals surface area contributed by atoms with Gasteiger partial charge in [-0.1, -0.05) is 95.7 Å². The zero-order chi connectivity index (χ0) is 34.6. The van der Waals surface area contributed by atoms with Crippen molar-refractivity contribution < 1.29 is 57.8 Å². The predicted molar refractivity (Wildman–Crippen MR) is 180 cm³/mol. The second kappa shape index (κ2) is 25.7. The van der Waals surface area contributed by atoms with Crippen LogP contribution in [-0.4, -0.2) is 31.1 Å². The van der Waals surface area contributed by atoms with Gasteiger partial charge in [0.15, 0.2) is 0 Å². The molecule has 0 aromatic heterocycles. The van der Waals surface area contributed by atoms with E-state index in [0.717, 1.165) is 68.7 Å². The summed E-state index contributed by atoms with van der Waals surface area (Å²) in [5.41, 5.74) is 1.02. The molecule has 1 aromatic rings. The molecular formula is C37H59F5N2OU. The molecule has 0 aliphatic rings. The number of benzene rings is 1. The minimum Gasteiger partial charge on any atom is -0.434 e. The van der Waals surface area contributed by atoms with E-state index in [1.807, 2.05) is 57.0 Å². The number of likely N-dealkylation sites (N-methyl/N-ethyl adjacent to an activating group) is 1. The van der Waals surface area contributed by atoms with Crippen LogP contribution >= 0.6 is 0 Å². The molecule has 1 rings (SSSR count). The second-order valence-corrected chi connectivity index (χ2v) is 12.0. The number of allylic oxidation sites excluding steroid dienone is 4. The molecule has 0 radical (unpaired) electrons. The van der Waals surface area contributed by atoms with E-state index in [2.05, 4.69) is 51.6 Å². The Balaban J connectivity index is 0. The Kier molecular flexibility index (Phi) is 26.1. The zero-order valence-corrected chi connectivity index (χ0v) is 33.6. The number of nitrogens with zero attached hydrogens (tertiary/aromatic N) is 1. The molecule has 0 amide bonds. The van der Waals surface area contributed by atoms with Crippen LogP contribution in [0.25, 0.3) is 0 Å². The van der Waals surface area contributed by atoms with Gasteiger partial charge in [-0.05, 0) is 58.2 Å². The zero-order valence-electron chi connectivity index (χ0n) is 29.5. The number of hydrogen-bond acceptors (Lipinski definition) is 3. The van der Waals surface area contributed by atoms with E-state index < -0.39 is 30.1 Å². The molecule has 0 aliphatic heterocycles. The molecule has 1 aromatic carbocycles. The number of unbranched alkanes of at least 4 members (excludes halogenated alkanes) is 1. The van der Waals surface area contributed by atoms with Gasteiger partial charge < -0.3 is 23.9 Å². The number of nitrogens with one attached hydrogen (secondary N) is 1. The average molecular weight is 881 g/mol. The SMILES string of the molecule is CC/C=C\C=C(/C)C(c1ccc(C(F)(F)F)cc1OC(F)F)N(C)C/C=C(\C)NC(CCCC)CC(C)CC.[CH2-]CC(C)C[CH2-].[U+2]. The Morgan fingerprint density at radius 3 is 2.15 bits per heavy atom. The predicted octanol–water partition coefficient (Wildman–Crippen LogP) is 11.8. The summed E-state index contributed by atoms with van der Waals surface area (Å²) in [5.74, 6) is 0.844. The van der Waals surface area contributed by atoms with Crippen LogP contribution in [0.5, 0.6) is 5.75 Å². The van der Waals surface area contributed by atoms with Crippen molar-refractivity contribution >= 4 is 0 Å². The van der Waals surface area contributed by atoms with Gasteiger partial charge in [0.25, 0.3) is 0 Å². The first-order valence-corrected chi connectivity index (χ1v) is 16.4. The van der Waals surface area contributed by atoms with Crippen LogP contribution in [0.1, 0.15) is 117 Å². The van der Waals surface area contributed by atoms with Crippen LogP contribution in [0.2, 0.25) is 0 Å². The first-order valence-electron chi connectivity index (χ1n) is 16.4. The molecule has 1 N–H and O–H groups in total. The molecule has 3 unspecified atom stereocenters. The maximum atomic E-state index is 13.4. The van der Waals surface area contributed by atoms with E-state index in [4.69, 9.17) is 0 Å². The Bertz CT molecular complexity index is 1020. The Hall–Kier alpha value is -1.30. The van der Waals surface area contributed by atoms with Gasteiger partial charge in [-0.25, -0.2) is 0 Å². The summed E-state index contributed by atoms with van der Waals surface area (Å²) >= 11 is 0. The van der Waals surface area contributed by atoms with Gasteiger partial charge in [0, 0.05) is 23.8 Å². The summed E-state index contributed by atoms with van der Waals surface area (Å²) in [6.07, 6.45) is 11.4. The molecule has 0 saturated heterocycles. The first-order chi connectivity index (χ1) is 21.1. The maximum Gasteiger partial charge on any atom is 2.00 e. The second-order valence-electron chi connectivity index (χ2n) is 12.0. The summed E-state index contributed by atoms with van der Waals surface area (Å²) in [4.78, 5) is 1.92. The molecule has 0 bridgehead atoms. The number of halogens is 5. The van der Waals surface area contributed by atoms with Crippen LogP contribution in [-0.2, 0) is 6.18 Å². The molecule has 0 fully saturated rings. The molecule has 46 heavy (non-hydrogen) atoms. The monoisotopic (exact) mass is 881 g/mol. The van der Waals surface area contributed by atoms with Crippen molar-refractivity contribution in [3.05, 3.63) is 78.7 Å². The van der Waals surface area contributed by atoms with Crippen molar-refractivity contribution in [2.24, 2.45) is 11.8 Å². The van der Waals surface area contributed by atoms with Gasteiger partial charge in [-0.3, -0.25) is 4.90 Å². The Morgan fingerprint density at radius 2 is 1.67 bits per heavy atom. The quantitative estimate of drug-likeness (QED) is 0.0851. The van der Waals surface area contributed by atoms with E-state index in [-0.39, 0.29) is 36.7 Å². The van der Waals surface area contributed by atoms with Crippen molar-refractivity contribution in [3.63, 3.8) is 0 Å². The molecule has 9 heteroatoms. The maximum absolute atomic E-state index is 13.4. The van der Waals surface area contributed by atoms with Crippen LogP contribution in [0.3, 0.4) is 0 Å². The fourth-order valence-corrected chi connectivity index (χ4v) is 4.68. The van der Waals surface area contributed by atoms with E-state index in [9.17, 15) is 22.0 Å². The molecule has 3 nitrogen and oxygen atoms in total. The topological polar surface area (TPSA) is 24.5 Å². The normalized spacial score (nSPS) is 14.7. The van der Waals surface area contributed by atoms with Gasteiger partial charge in [-0.15, -0.1) is 0 Å². The van der Waals surface area contributed by atoms with E-state index >= 15 is 0 Å². The van der Waals surface area contributed by atoms with Gasteiger partial charge >= 0.3 is 43.9 Å². The number of alkyl halides is 5. The fraction of sp³-hybridized carbons (Fsp3) is 0.622. The minimum atomic E-state index is -4.68. The van der Waals surface area contributed by atoms with E-state index in [0.29, 0.717) is 30.5 Å². The molecule has 0 saturated carbocycles. The molecule has 0 aliphatic carbocycles. The van der Waals surface area contributed by atoms with Crippen molar-refractivity contribution in [1.82, 2.24) is 10.2 Å². The third-order valence-corrected chi connectivity index (χ3v) is 7.85. The number of rotatable bonds is 19. The third-order valence-electron chi connectivity index (χ3n) is 7.85. The van der Waals surface area contributed by atoms with Gasteiger partial charge in [-0.2, -0.15) is 34.8 Å². The van der Waals surface area contributed by atoms with Crippen molar-refractivity contribution in [1.29, 1.82) is 0 Å². The van der Waals surface area contributed by atoms with Gasteiger partial charge in [0.1, 0.15) is 5.75 Å². The van der Waals surface area contributed by atoms with Crippen LogP contribution in [0.15, 0.2) is 53.8 Å². The van der Waals surface area contributed by atoms with Crippen molar-refractivity contribution in [2.45, 2.75) is 125 Å². The fourth-order valence-electron chi connectivity index (χ4n) is 4.68. The molecule has 0 spiro atoms. The Morgan fingerprint density at radius 1 is 1.04 bits per heavy atom. The minimum absolute atomic E-state index is 0. The van der Waals surface area contributed by atoms with Gasteiger partial charge in [0.05, 0.1) is 11.6 Å². The van der Waals surface area contributed by atoms with E-state index in [1.165, 1.54) is 6.07 Å². The summed E-state index contributed by atoms with van der Waals surface area (Å²) in [7, 11) is 1.83. The summed E-state index contributed by atoms with van der Waals surface area (Å²) in [6, 6.07) is 2.60. The van der Waals surface area contributed by atoms with Crippen molar-refractivity contribution in [3.8, 4) is 5.75 Å².